The largest absolute Gasteiger partial charge is 0.444 e. The summed E-state index contributed by atoms with van der Waals surface area (Å²) in [7, 11) is 0. The lowest BCUT2D eigenvalue weighted by atomic mass is 10.0. The number of amides is 1. The Labute approximate surface area is 108 Å². The molecule has 0 aromatic heterocycles. The topological polar surface area (TPSA) is 41.9 Å². The third-order valence-corrected chi connectivity index (χ3v) is 3.25. The summed E-state index contributed by atoms with van der Waals surface area (Å²) < 4.78 is 5.43. The fourth-order valence-electron chi connectivity index (χ4n) is 1.52. The minimum atomic E-state index is -0.457. The van der Waals surface area contributed by atoms with Crippen molar-refractivity contribution in [3.8, 4) is 0 Å². The van der Waals surface area contributed by atoms with Gasteiger partial charge in [0.1, 0.15) is 5.60 Å². The number of aliphatic imine (C=N–C) groups is 1. The van der Waals surface area contributed by atoms with E-state index in [1.165, 1.54) is 0 Å². The molecule has 0 aromatic rings. The monoisotopic (exact) mass is 258 g/mol. The van der Waals surface area contributed by atoms with Gasteiger partial charge in [-0.1, -0.05) is 0 Å². The molecule has 0 N–H and O–H groups in total. The first kappa shape index (κ1) is 14.4. The first-order valence-electron chi connectivity index (χ1n) is 5.74. The van der Waals surface area contributed by atoms with Gasteiger partial charge in [-0.15, -0.1) is 11.8 Å². The molecule has 0 saturated carbocycles. The minimum absolute atomic E-state index is 0.260. The number of hydrogen-bond acceptors (Lipinski definition) is 4. The molecule has 0 bridgehead atoms. The molecule has 1 rings (SSSR count). The molecule has 5 heteroatoms. The normalized spacial score (nSPS) is 19.9. The summed E-state index contributed by atoms with van der Waals surface area (Å²) >= 11 is 1.59. The zero-order valence-corrected chi connectivity index (χ0v) is 12.3. The molecular weight excluding hydrogens is 236 g/mol. The van der Waals surface area contributed by atoms with Crippen LogP contribution in [0, 0.1) is 0 Å². The van der Waals surface area contributed by atoms with Crippen LogP contribution in [-0.2, 0) is 4.74 Å². The molecule has 0 saturated heterocycles. The smallest absolute Gasteiger partial charge is 0.411 e. The van der Waals surface area contributed by atoms with Crippen molar-refractivity contribution in [2.24, 2.45) is 4.99 Å². The lowest BCUT2D eigenvalue weighted by Gasteiger charge is -2.41. The highest BCUT2D eigenvalue weighted by Crippen LogP contribution is 2.24. The molecule has 4 nitrogen and oxygen atoms in total. The Morgan fingerprint density at radius 3 is 2.53 bits per heavy atom. The second-order valence-corrected chi connectivity index (χ2v) is 6.67. The number of thioether (sulfide) groups is 1. The van der Waals surface area contributed by atoms with Gasteiger partial charge < -0.3 is 4.74 Å². The predicted octanol–water partition coefficient (Wildman–Crippen LogP) is 2.78. The highest BCUT2D eigenvalue weighted by atomic mass is 32.2. The standard InChI is InChI=1S/C12H22N2O2S/c1-11(2,3)16-10(15)14-7-9(17-6)13-8-12(14,4)5/h7-8H2,1-6H3. The van der Waals surface area contributed by atoms with E-state index in [0.29, 0.717) is 13.1 Å². The second-order valence-electron chi connectivity index (χ2n) is 5.79. The van der Waals surface area contributed by atoms with E-state index in [-0.39, 0.29) is 11.6 Å². The number of nitrogens with zero attached hydrogens (tertiary/aromatic N) is 2. The molecule has 0 unspecified atom stereocenters. The van der Waals surface area contributed by atoms with Gasteiger partial charge in [0.05, 0.1) is 23.7 Å². The molecule has 0 atom stereocenters. The molecule has 0 radical (unpaired) electrons. The number of ether oxygens (including phenoxy) is 1. The summed E-state index contributed by atoms with van der Waals surface area (Å²) in [5.41, 5.74) is -0.733. The van der Waals surface area contributed by atoms with Crippen molar-refractivity contribution >= 4 is 22.9 Å². The molecule has 0 spiro atoms. The zero-order chi connectivity index (χ0) is 13.3. The lowest BCUT2D eigenvalue weighted by molar-refractivity contribution is 0.00807. The Morgan fingerprint density at radius 2 is 2.06 bits per heavy atom. The first-order valence-corrected chi connectivity index (χ1v) is 6.96. The van der Waals surface area contributed by atoms with Gasteiger partial charge >= 0.3 is 6.09 Å². The van der Waals surface area contributed by atoms with E-state index in [2.05, 4.69) is 4.99 Å². The van der Waals surface area contributed by atoms with E-state index in [1.54, 1.807) is 16.7 Å². The maximum Gasteiger partial charge on any atom is 0.411 e. The molecule has 1 aliphatic heterocycles. The molecule has 0 fully saturated rings. The van der Waals surface area contributed by atoms with Crippen molar-refractivity contribution in [3.63, 3.8) is 0 Å². The van der Waals surface area contributed by atoms with Gasteiger partial charge in [-0.3, -0.25) is 9.89 Å². The van der Waals surface area contributed by atoms with Crippen molar-refractivity contribution in [1.29, 1.82) is 0 Å². The van der Waals surface area contributed by atoms with Gasteiger partial charge in [0.25, 0.3) is 0 Å². The van der Waals surface area contributed by atoms with Crippen LogP contribution >= 0.6 is 11.8 Å². The third kappa shape index (κ3) is 3.91. The fourth-order valence-corrected chi connectivity index (χ4v) is 1.98. The highest BCUT2D eigenvalue weighted by Gasteiger charge is 2.37. The van der Waals surface area contributed by atoms with Crippen LogP contribution < -0.4 is 0 Å². The van der Waals surface area contributed by atoms with Crippen molar-refractivity contribution in [2.75, 3.05) is 19.3 Å². The summed E-state index contributed by atoms with van der Waals surface area (Å²) in [5.74, 6) is 0. The average molecular weight is 258 g/mol. The molecule has 1 amide bonds. The minimum Gasteiger partial charge on any atom is -0.444 e. The Hall–Kier alpha value is -0.710. The molecule has 98 valence electrons. The summed E-state index contributed by atoms with van der Waals surface area (Å²) in [5, 5.41) is 0.982. The van der Waals surface area contributed by atoms with Gasteiger partial charge in [0, 0.05) is 0 Å². The van der Waals surface area contributed by atoms with Crippen LogP contribution in [-0.4, -0.2) is 46.5 Å². The third-order valence-electron chi connectivity index (χ3n) is 2.52. The molecule has 0 aliphatic carbocycles. The van der Waals surface area contributed by atoms with E-state index in [4.69, 9.17) is 4.74 Å². The SMILES string of the molecule is CSC1=NCC(C)(C)N(C(=O)OC(C)(C)C)C1. The van der Waals surface area contributed by atoms with Crippen molar-refractivity contribution in [1.82, 2.24) is 4.90 Å². The van der Waals surface area contributed by atoms with Crippen LogP contribution in [0.5, 0.6) is 0 Å². The lowest BCUT2D eigenvalue weighted by Crippen LogP contribution is -2.55. The van der Waals surface area contributed by atoms with Crippen molar-refractivity contribution < 1.29 is 9.53 Å². The Balaban J connectivity index is 2.81. The number of carbonyl (C=O) groups excluding carboxylic acids is 1. The molecule has 1 aliphatic rings. The maximum atomic E-state index is 12.1. The van der Waals surface area contributed by atoms with Crippen LogP contribution in [0.1, 0.15) is 34.6 Å². The Bertz CT molecular complexity index is 332. The summed E-state index contributed by atoms with van der Waals surface area (Å²) in [6, 6.07) is 0. The van der Waals surface area contributed by atoms with E-state index in [1.807, 2.05) is 40.9 Å². The molecule has 0 aromatic carbocycles. The van der Waals surface area contributed by atoms with Crippen molar-refractivity contribution in [3.05, 3.63) is 0 Å². The average Bonchev–Trinajstić information content (AvgIpc) is 2.14. The zero-order valence-electron chi connectivity index (χ0n) is 11.5. The van der Waals surface area contributed by atoms with Crippen LogP contribution in [0.2, 0.25) is 0 Å². The van der Waals surface area contributed by atoms with E-state index in [9.17, 15) is 4.79 Å². The number of carbonyl (C=O) groups is 1. The van der Waals surface area contributed by atoms with Gasteiger partial charge in [0.15, 0.2) is 0 Å². The van der Waals surface area contributed by atoms with Gasteiger partial charge in [-0.05, 0) is 40.9 Å². The van der Waals surface area contributed by atoms with Crippen LogP contribution in [0.3, 0.4) is 0 Å². The Morgan fingerprint density at radius 1 is 1.47 bits per heavy atom. The summed E-state index contributed by atoms with van der Waals surface area (Å²) in [6.45, 7) is 10.8. The van der Waals surface area contributed by atoms with Crippen LogP contribution in [0.15, 0.2) is 4.99 Å². The van der Waals surface area contributed by atoms with Crippen LogP contribution in [0.4, 0.5) is 4.79 Å². The number of hydrogen-bond donors (Lipinski definition) is 0. The second kappa shape index (κ2) is 4.88. The van der Waals surface area contributed by atoms with E-state index in [0.717, 1.165) is 5.04 Å². The van der Waals surface area contributed by atoms with Gasteiger partial charge in [0.2, 0.25) is 0 Å². The quantitative estimate of drug-likeness (QED) is 0.671. The first-order chi connectivity index (χ1) is 7.65. The van der Waals surface area contributed by atoms with Gasteiger partial charge in [-0.25, -0.2) is 4.79 Å². The number of rotatable bonds is 0. The molecular formula is C12H22N2O2S. The van der Waals surface area contributed by atoms with Crippen molar-refractivity contribution in [2.45, 2.75) is 45.8 Å². The summed E-state index contributed by atoms with van der Waals surface area (Å²) in [4.78, 5) is 18.4. The maximum absolute atomic E-state index is 12.1. The van der Waals surface area contributed by atoms with Crippen LogP contribution in [0.25, 0.3) is 0 Å². The van der Waals surface area contributed by atoms with E-state index < -0.39 is 5.60 Å². The molecule has 1 heterocycles. The summed E-state index contributed by atoms with van der Waals surface area (Å²) in [6.07, 6.45) is 1.72. The molecule has 17 heavy (non-hydrogen) atoms. The fraction of sp³-hybridized carbons (Fsp3) is 0.833. The highest BCUT2D eigenvalue weighted by molar-refractivity contribution is 8.13. The predicted molar refractivity (Wildman–Crippen MR) is 72.8 cm³/mol. The van der Waals surface area contributed by atoms with E-state index >= 15 is 0 Å². The Kier molecular flexibility index (Phi) is 4.12. The van der Waals surface area contributed by atoms with Gasteiger partial charge in [-0.2, -0.15) is 0 Å².